The van der Waals surface area contributed by atoms with Crippen molar-refractivity contribution in [2.24, 2.45) is 0 Å². The predicted octanol–water partition coefficient (Wildman–Crippen LogP) is 3.47. The lowest BCUT2D eigenvalue weighted by molar-refractivity contribution is -0.144. The zero-order valence-electron chi connectivity index (χ0n) is 22.7. The van der Waals surface area contributed by atoms with E-state index in [0.717, 1.165) is 30.4 Å². The number of nitrogens with zero attached hydrogens (tertiary/aromatic N) is 1. The summed E-state index contributed by atoms with van der Waals surface area (Å²) in [6.07, 6.45) is 9.73. The van der Waals surface area contributed by atoms with Gasteiger partial charge in [-0.3, -0.25) is 4.79 Å². The maximum Gasteiger partial charge on any atom is 0.333 e. The van der Waals surface area contributed by atoms with Crippen molar-refractivity contribution in [2.45, 2.75) is 51.0 Å². The molecule has 1 atom stereocenters. The number of hydrogen-bond donors (Lipinski definition) is 1. The number of ether oxygens (including phenoxy) is 3. The van der Waals surface area contributed by atoms with E-state index in [1.165, 1.54) is 20.3 Å². The first-order valence-corrected chi connectivity index (χ1v) is 13.5. The zero-order valence-corrected chi connectivity index (χ0v) is 23.5. The van der Waals surface area contributed by atoms with E-state index in [4.69, 9.17) is 9.47 Å². The molecule has 0 saturated carbocycles. The number of aryl methyl sites for hydroxylation is 2. The van der Waals surface area contributed by atoms with Crippen LogP contribution in [0.1, 0.15) is 37.3 Å². The minimum Gasteiger partial charge on any atom is -0.497 e. The first-order chi connectivity index (χ1) is 17.6. The SMILES string of the molecule is C=C/C(=C\C=C/CC)C(NC(=O)COC)C(=O)OC.COc1cc(C)c(S(=O)(=O)N2CCCC2)c(C)c1. The number of rotatable bonds is 11. The molecule has 1 fully saturated rings. The van der Waals surface area contributed by atoms with Crippen molar-refractivity contribution in [1.82, 2.24) is 9.62 Å². The Bertz CT molecular complexity index is 1060. The maximum absolute atomic E-state index is 12.6. The van der Waals surface area contributed by atoms with Crippen molar-refractivity contribution in [3.05, 3.63) is 59.7 Å². The minimum atomic E-state index is -3.35. The molecule has 0 aromatic heterocycles. The van der Waals surface area contributed by atoms with Gasteiger partial charge in [-0.1, -0.05) is 37.8 Å². The number of allylic oxidation sites excluding steroid dienone is 3. The smallest absolute Gasteiger partial charge is 0.333 e. The standard InChI is InChI=1S/C14H21NO4.C13H19NO3S/c1-5-7-8-9-11(6-2)13(14(17)19-4)15-12(16)10-18-3;1-10-8-12(17-3)9-11(2)13(10)18(15,16)14-6-4-5-7-14/h6-9,13H,2,5,10H2,1,3-4H3,(H,15,16);8-9H,4-7H2,1-3H3/b8-7-,11-9+;. The molecule has 1 amide bonds. The first kappa shape index (κ1) is 32.1. The number of amides is 1. The Morgan fingerprint density at radius 1 is 1.14 bits per heavy atom. The van der Waals surface area contributed by atoms with Gasteiger partial charge in [0.15, 0.2) is 6.04 Å². The van der Waals surface area contributed by atoms with Crippen LogP contribution in [0.5, 0.6) is 5.75 Å². The number of sulfonamides is 1. The topological polar surface area (TPSA) is 111 Å². The molecule has 9 nitrogen and oxygen atoms in total. The molecular formula is C27H40N2O7S. The van der Waals surface area contributed by atoms with E-state index in [1.54, 1.807) is 35.7 Å². The number of carbonyl (C=O) groups is 2. The molecule has 10 heteroatoms. The lowest BCUT2D eigenvalue weighted by Gasteiger charge is -2.19. The van der Waals surface area contributed by atoms with Gasteiger partial charge in [-0.25, -0.2) is 13.2 Å². The van der Waals surface area contributed by atoms with E-state index < -0.39 is 27.9 Å². The normalized spacial score (nSPS) is 15.0. The fourth-order valence-corrected chi connectivity index (χ4v) is 5.75. The van der Waals surface area contributed by atoms with Crippen LogP contribution in [0, 0.1) is 13.8 Å². The van der Waals surface area contributed by atoms with Crippen molar-refractivity contribution in [1.29, 1.82) is 0 Å². The van der Waals surface area contributed by atoms with Crippen molar-refractivity contribution < 1.29 is 32.2 Å². The lowest BCUT2D eigenvalue weighted by Crippen LogP contribution is -2.44. The quantitative estimate of drug-likeness (QED) is 0.341. The maximum atomic E-state index is 12.6. The highest BCUT2D eigenvalue weighted by atomic mass is 32.2. The van der Waals surface area contributed by atoms with Gasteiger partial charge >= 0.3 is 5.97 Å². The molecule has 1 aliphatic rings. The third-order valence-corrected chi connectivity index (χ3v) is 7.78. The third-order valence-electron chi connectivity index (χ3n) is 5.58. The average Bonchev–Trinajstić information content (AvgIpc) is 3.41. The van der Waals surface area contributed by atoms with Crippen LogP contribution in [0.2, 0.25) is 0 Å². The Morgan fingerprint density at radius 2 is 1.73 bits per heavy atom. The summed E-state index contributed by atoms with van der Waals surface area (Å²) < 4.78 is 41.2. The molecule has 1 N–H and O–H groups in total. The predicted molar refractivity (Wildman–Crippen MR) is 144 cm³/mol. The average molecular weight is 537 g/mol. The van der Waals surface area contributed by atoms with Crippen molar-refractivity contribution in [3.8, 4) is 5.75 Å². The molecule has 0 aliphatic carbocycles. The highest BCUT2D eigenvalue weighted by Crippen LogP contribution is 2.29. The Balaban J connectivity index is 0.000000370. The molecular weight excluding hydrogens is 496 g/mol. The van der Waals surface area contributed by atoms with Gasteiger partial charge in [-0.2, -0.15) is 4.31 Å². The van der Waals surface area contributed by atoms with E-state index >= 15 is 0 Å². The van der Waals surface area contributed by atoms with Crippen LogP contribution in [-0.4, -0.2) is 71.7 Å². The van der Waals surface area contributed by atoms with Crippen molar-refractivity contribution in [3.63, 3.8) is 0 Å². The van der Waals surface area contributed by atoms with Gasteiger partial charge < -0.3 is 19.5 Å². The Labute approximate surface area is 221 Å². The van der Waals surface area contributed by atoms with Crippen LogP contribution in [0.25, 0.3) is 0 Å². The monoisotopic (exact) mass is 536 g/mol. The van der Waals surface area contributed by atoms with Gasteiger partial charge in [-0.15, -0.1) is 0 Å². The third kappa shape index (κ3) is 9.46. The van der Waals surface area contributed by atoms with Crippen LogP contribution in [0.4, 0.5) is 0 Å². The lowest BCUT2D eigenvalue weighted by atomic mass is 10.1. The van der Waals surface area contributed by atoms with E-state index in [9.17, 15) is 18.0 Å². The van der Waals surface area contributed by atoms with Crippen molar-refractivity contribution >= 4 is 21.9 Å². The van der Waals surface area contributed by atoms with Crippen LogP contribution in [0.3, 0.4) is 0 Å². The molecule has 1 aromatic rings. The highest BCUT2D eigenvalue weighted by Gasteiger charge is 2.30. The summed E-state index contributed by atoms with van der Waals surface area (Å²) in [6.45, 7) is 10.4. The zero-order chi connectivity index (χ0) is 28.0. The summed E-state index contributed by atoms with van der Waals surface area (Å²) in [4.78, 5) is 23.6. The molecule has 1 aromatic carbocycles. The van der Waals surface area contributed by atoms with Gasteiger partial charge in [0.05, 0.1) is 19.1 Å². The summed E-state index contributed by atoms with van der Waals surface area (Å²) in [6, 6.07) is 2.66. The molecule has 1 aliphatic heterocycles. The van der Waals surface area contributed by atoms with E-state index in [0.29, 0.717) is 29.3 Å². The van der Waals surface area contributed by atoms with Gasteiger partial charge in [0, 0.05) is 20.2 Å². The van der Waals surface area contributed by atoms with Crippen LogP contribution >= 0.6 is 0 Å². The van der Waals surface area contributed by atoms with Gasteiger partial charge in [-0.05, 0) is 61.9 Å². The second-order valence-corrected chi connectivity index (χ2v) is 10.2. The molecule has 1 unspecified atom stereocenters. The fourth-order valence-electron chi connectivity index (χ4n) is 3.82. The molecule has 0 spiro atoms. The molecule has 1 saturated heterocycles. The molecule has 37 heavy (non-hydrogen) atoms. The summed E-state index contributed by atoms with van der Waals surface area (Å²) in [5, 5.41) is 2.53. The second-order valence-electron chi connectivity index (χ2n) is 8.37. The summed E-state index contributed by atoms with van der Waals surface area (Å²) >= 11 is 0. The number of carbonyl (C=O) groups excluding carboxylic acids is 2. The molecule has 206 valence electrons. The largest absolute Gasteiger partial charge is 0.497 e. The van der Waals surface area contributed by atoms with Crippen LogP contribution in [-0.2, 0) is 29.1 Å². The Hall–Kier alpha value is -2.95. The molecule has 0 bridgehead atoms. The van der Waals surface area contributed by atoms with E-state index in [1.807, 2.05) is 26.8 Å². The van der Waals surface area contributed by atoms with E-state index in [2.05, 4.69) is 16.6 Å². The summed E-state index contributed by atoms with van der Waals surface area (Å²) in [5.74, 6) is -0.254. The van der Waals surface area contributed by atoms with Crippen molar-refractivity contribution in [2.75, 3.05) is 41.0 Å². The summed E-state index contributed by atoms with van der Waals surface area (Å²) in [5.41, 5.74) is 2.05. The second kappa shape index (κ2) is 16.0. The first-order valence-electron chi connectivity index (χ1n) is 12.1. The highest BCUT2D eigenvalue weighted by molar-refractivity contribution is 7.89. The molecule has 1 heterocycles. The van der Waals surface area contributed by atoms with Crippen LogP contribution in [0.15, 0.2) is 53.5 Å². The Morgan fingerprint density at radius 3 is 2.19 bits per heavy atom. The van der Waals surface area contributed by atoms with Gasteiger partial charge in [0.25, 0.3) is 0 Å². The van der Waals surface area contributed by atoms with E-state index in [-0.39, 0.29) is 6.61 Å². The van der Waals surface area contributed by atoms with Crippen LogP contribution < -0.4 is 10.1 Å². The number of esters is 1. The number of nitrogens with one attached hydrogen (secondary N) is 1. The van der Waals surface area contributed by atoms with Gasteiger partial charge in [0.1, 0.15) is 12.4 Å². The number of methoxy groups -OCH3 is 3. The fraction of sp³-hybridized carbons (Fsp3) is 0.481. The number of benzene rings is 1. The molecule has 0 radical (unpaired) electrons. The van der Waals surface area contributed by atoms with Gasteiger partial charge in [0.2, 0.25) is 15.9 Å². The minimum absolute atomic E-state index is 0.122. The molecule has 2 rings (SSSR count). The summed E-state index contributed by atoms with van der Waals surface area (Å²) in [7, 11) is 0.907. The Kier molecular flexibility index (Phi) is 13.9. The number of hydrogen-bond acceptors (Lipinski definition) is 7.